The zero-order valence-corrected chi connectivity index (χ0v) is 12.3. The molecule has 21 heavy (non-hydrogen) atoms. The van der Waals surface area contributed by atoms with Crippen LogP contribution in [0.4, 0.5) is 5.82 Å². The maximum atomic E-state index is 6.07. The van der Waals surface area contributed by atoms with Crippen LogP contribution in [0.25, 0.3) is 22.0 Å². The van der Waals surface area contributed by atoms with E-state index in [4.69, 9.17) is 10.7 Å². The standard InChI is InChI=1S/C17H18N4/c1-3-5-15-20-16(11(2)17(18)21-15)14-7-4-6-12-10-19-9-8-13(12)14/h4,6-10H,3,5H2,1-2H3,(H2,18,20,21). The molecule has 0 radical (unpaired) electrons. The van der Waals surface area contributed by atoms with Gasteiger partial charge in [-0.05, 0) is 24.8 Å². The lowest BCUT2D eigenvalue weighted by Gasteiger charge is -2.12. The summed E-state index contributed by atoms with van der Waals surface area (Å²) in [6.07, 6.45) is 5.51. The third-order valence-electron chi connectivity index (χ3n) is 3.64. The Labute approximate surface area is 124 Å². The van der Waals surface area contributed by atoms with Crippen LogP contribution in [0.1, 0.15) is 24.7 Å². The van der Waals surface area contributed by atoms with E-state index in [2.05, 4.69) is 29.0 Å². The van der Waals surface area contributed by atoms with Gasteiger partial charge in [0.2, 0.25) is 0 Å². The minimum atomic E-state index is 0.564. The number of aromatic nitrogens is 3. The highest BCUT2D eigenvalue weighted by Gasteiger charge is 2.12. The van der Waals surface area contributed by atoms with E-state index in [1.165, 1.54) is 0 Å². The first-order valence-corrected chi connectivity index (χ1v) is 7.16. The molecule has 2 aromatic heterocycles. The maximum Gasteiger partial charge on any atom is 0.131 e. The number of anilines is 1. The Morgan fingerprint density at radius 2 is 2.00 bits per heavy atom. The van der Waals surface area contributed by atoms with Crippen LogP contribution >= 0.6 is 0 Å². The van der Waals surface area contributed by atoms with E-state index in [1.807, 2.05) is 25.3 Å². The molecule has 0 spiro atoms. The molecule has 2 heterocycles. The van der Waals surface area contributed by atoms with Gasteiger partial charge in [0.1, 0.15) is 11.6 Å². The molecule has 106 valence electrons. The first kappa shape index (κ1) is 13.5. The molecule has 2 N–H and O–H groups in total. The van der Waals surface area contributed by atoms with Crippen molar-refractivity contribution >= 4 is 16.6 Å². The van der Waals surface area contributed by atoms with Crippen molar-refractivity contribution in [2.45, 2.75) is 26.7 Å². The summed E-state index contributed by atoms with van der Waals surface area (Å²) in [5.74, 6) is 1.37. The van der Waals surface area contributed by atoms with E-state index in [-0.39, 0.29) is 0 Å². The minimum absolute atomic E-state index is 0.564. The third kappa shape index (κ3) is 2.44. The Morgan fingerprint density at radius 3 is 2.81 bits per heavy atom. The molecule has 0 aliphatic heterocycles. The van der Waals surface area contributed by atoms with Crippen LogP contribution in [0.3, 0.4) is 0 Å². The number of hydrogen-bond donors (Lipinski definition) is 1. The van der Waals surface area contributed by atoms with E-state index in [0.717, 1.165) is 46.3 Å². The number of pyridine rings is 1. The van der Waals surface area contributed by atoms with Gasteiger partial charge in [0.15, 0.2) is 0 Å². The van der Waals surface area contributed by atoms with Gasteiger partial charge >= 0.3 is 0 Å². The van der Waals surface area contributed by atoms with Crippen LogP contribution in [0.5, 0.6) is 0 Å². The summed E-state index contributed by atoms with van der Waals surface area (Å²) in [5.41, 5.74) is 9.00. The smallest absolute Gasteiger partial charge is 0.131 e. The Hall–Kier alpha value is -2.49. The van der Waals surface area contributed by atoms with E-state index < -0.39 is 0 Å². The number of benzene rings is 1. The van der Waals surface area contributed by atoms with Crippen LogP contribution in [-0.4, -0.2) is 15.0 Å². The van der Waals surface area contributed by atoms with Crippen molar-refractivity contribution < 1.29 is 0 Å². The molecule has 4 heteroatoms. The van der Waals surface area contributed by atoms with Gasteiger partial charge in [0.05, 0.1) is 5.69 Å². The second-order valence-corrected chi connectivity index (χ2v) is 5.15. The van der Waals surface area contributed by atoms with Gasteiger partial charge in [-0.15, -0.1) is 0 Å². The van der Waals surface area contributed by atoms with Gasteiger partial charge in [0.25, 0.3) is 0 Å². The van der Waals surface area contributed by atoms with Gasteiger partial charge in [-0.1, -0.05) is 25.1 Å². The summed E-state index contributed by atoms with van der Waals surface area (Å²) in [5, 5.41) is 2.24. The zero-order chi connectivity index (χ0) is 14.8. The zero-order valence-electron chi connectivity index (χ0n) is 12.3. The van der Waals surface area contributed by atoms with Gasteiger partial charge < -0.3 is 5.73 Å². The molecular formula is C17H18N4. The Bertz CT molecular complexity index is 791. The first-order chi connectivity index (χ1) is 10.2. The molecule has 4 nitrogen and oxygen atoms in total. The first-order valence-electron chi connectivity index (χ1n) is 7.16. The molecule has 0 atom stereocenters. The van der Waals surface area contributed by atoms with Crippen LogP contribution in [0, 0.1) is 6.92 Å². The number of nitrogens with two attached hydrogens (primary N) is 1. The van der Waals surface area contributed by atoms with Crippen LogP contribution in [0.15, 0.2) is 36.7 Å². The SMILES string of the molecule is CCCc1nc(N)c(C)c(-c2cccc3cnccc23)n1. The van der Waals surface area contributed by atoms with Crippen LogP contribution in [-0.2, 0) is 6.42 Å². The van der Waals surface area contributed by atoms with Crippen molar-refractivity contribution in [3.8, 4) is 11.3 Å². The molecule has 0 amide bonds. The van der Waals surface area contributed by atoms with Crippen molar-refractivity contribution in [3.63, 3.8) is 0 Å². The third-order valence-corrected chi connectivity index (χ3v) is 3.64. The lowest BCUT2D eigenvalue weighted by Crippen LogP contribution is -2.05. The van der Waals surface area contributed by atoms with Crippen molar-refractivity contribution in [2.24, 2.45) is 0 Å². The highest BCUT2D eigenvalue weighted by atomic mass is 15.0. The Kier molecular flexibility index (Phi) is 3.52. The van der Waals surface area contributed by atoms with E-state index in [9.17, 15) is 0 Å². The molecule has 0 aliphatic carbocycles. The lowest BCUT2D eigenvalue weighted by molar-refractivity contribution is 0.836. The monoisotopic (exact) mass is 278 g/mol. The lowest BCUT2D eigenvalue weighted by atomic mass is 10.0. The molecule has 0 fully saturated rings. The average molecular weight is 278 g/mol. The number of hydrogen-bond acceptors (Lipinski definition) is 4. The average Bonchev–Trinajstić information content (AvgIpc) is 2.50. The summed E-state index contributed by atoms with van der Waals surface area (Å²) in [4.78, 5) is 13.3. The molecular weight excluding hydrogens is 260 g/mol. The Balaban J connectivity index is 2.27. The maximum absolute atomic E-state index is 6.07. The highest BCUT2D eigenvalue weighted by molar-refractivity contribution is 5.96. The number of nitrogen functional groups attached to an aromatic ring is 1. The summed E-state index contributed by atoms with van der Waals surface area (Å²) in [6.45, 7) is 4.09. The number of aryl methyl sites for hydroxylation is 1. The van der Waals surface area contributed by atoms with Crippen molar-refractivity contribution in [1.29, 1.82) is 0 Å². The molecule has 0 saturated carbocycles. The largest absolute Gasteiger partial charge is 0.383 e. The second-order valence-electron chi connectivity index (χ2n) is 5.15. The predicted octanol–water partition coefficient (Wildman–Crippen LogP) is 3.53. The van der Waals surface area contributed by atoms with Crippen molar-refractivity contribution in [1.82, 2.24) is 15.0 Å². The molecule has 0 bridgehead atoms. The minimum Gasteiger partial charge on any atom is -0.383 e. The fourth-order valence-corrected chi connectivity index (χ4v) is 2.51. The quantitative estimate of drug-likeness (QED) is 0.796. The van der Waals surface area contributed by atoms with Crippen LogP contribution in [0.2, 0.25) is 0 Å². The second kappa shape index (κ2) is 5.48. The highest BCUT2D eigenvalue weighted by Crippen LogP contribution is 2.30. The summed E-state index contributed by atoms with van der Waals surface area (Å²) in [7, 11) is 0. The van der Waals surface area contributed by atoms with Crippen LogP contribution < -0.4 is 5.73 Å². The van der Waals surface area contributed by atoms with Gasteiger partial charge in [0, 0.05) is 35.3 Å². The molecule has 3 rings (SSSR count). The summed E-state index contributed by atoms with van der Waals surface area (Å²) >= 11 is 0. The summed E-state index contributed by atoms with van der Waals surface area (Å²) in [6, 6.07) is 8.17. The van der Waals surface area contributed by atoms with Crippen molar-refractivity contribution in [2.75, 3.05) is 5.73 Å². The van der Waals surface area contributed by atoms with Gasteiger partial charge in [-0.25, -0.2) is 9.97 Å². The Morgan fingerprint density at radius 1 is 1.14 bits per heavy atom. The fourth-order valence-electron chi connectivity index (χ4n) is 2.51. The molecule has 1 aromatic carbocycles. The molecule has 0 unspecified atom stereocenters. The van der Waals surface area contributed by atoms with Crippen molar-refractivity contribution in [3.05, 3.63) is 48.0 Å². The molecule has 3 aromatic rings. The predicted molar refractivity (Wildman–Crippen MR) is 85.9 cm³/mol. The fraction of sp³-hybridized carbons (Fsp3) is 0.235. The van der Waals surface area contributed by atoms with E-state index in [1.54, 1.807) is 6.20 Å². The van der Waals surface area contributed by atoms with Gasteiger partial charge in [-0.2, -0.15) is 0 Å². The number of rotatable bonds is 3. The topological polar surface area (TPSA) is 64.7 Å². The summed E-state index contributed by atoms with van der Waals surface area (Å²) < 4.78 is 0. The normalized spacial score (nSPS) is 11.0. The van der Waals surface area contributed by atoms with E-state index >= 15 is 0 Å². The van der Waals surface area contributed by atoms with Gasteiger partial charge in [-0.3, -0.25) is 4.98 Å². The molecule has 0 saturated heterocycles. The molecule has 0 aliphatic rings. The number of fused-ring (bicyclic) bond motifs is 1. The van der Waals surface area contributed by atoms with E-state index in [0.29, 0.717) is 5.82 Å². The number of nitrogens with zero attached hydrogens (tertiary/aromatic N) is 3.